The van der Waals surface area contributed by atoms with Gasteiger partial charge in [0.15, 0.2) is 0 Å². The van der Waals surface area contributed by atoms with Crippen molar-refractivity contribution in [3.05, 3.63) is 23.8 Å². The summed E-state index contributed by atoms with van der Waals surface area (Å²) in [5.74, 6) is 1.08. The lowest BCUT2D eigenvalue weighted by Gasteiger charge is -2.34. The first-order chi connectivity index (χ1) is 9.54. The van der Waals surface area contributed by atoms with Crippen LogP contribution in [0.15, 0.2) is 23.1 Å². The molecule has 1 aromatic carbocycles. The summed E-state index contributed by atoms with van der Waals surface area (Å²) in [6, 6.07) is 7.02. The molecule has 0 heterocycles. The number of hydrogen-bond acceptors (Lipinski definition) is 4. The molecule has 0 saturated heterocycles. The van der Waals surface area contributed by atoms with Crippen LogP contribution in [0.25, 0.3) is 0 Å². The number of benzene rings is 1. The maximum absolute atomic E-state index is 6.03. The summed E-state index contributed by atoms with van der Waals surface area (Å²) in [5.41, 5.74) is 8.60. The molecule has 0 aromatic heterocycles. The van der Waals surface area contributed by atoms with E-state index in [4.69, 9.17) is 5.73 Å². The lowest BCUT2D eigenvalue weighted by atomic mass is 10.1. The van der Waals surface area contributed by atoms with Crippen LogP contribution >= 0.6 is 11.8 Å². The molecule has 1 atom stereocenters. The average molecular weight is 295 g/mol. The van der Waals surface area contributed by atoms with Crippen LogP contribution in [0.1, 0.15) is 26.3 Å². The van der Waals surface area contributed by atoms with E-state index in [0.29, 0.717) is 12.6 Å². The van der Waals surface area contributed by atoms with Gasteiger partial charge in [0.25, 0.3) is 0 Å². The summed E-state index contributed by atoms with van der Waals surface area (Å²) in [6.07, 6.45) is 0. The van der Waals surface area contributed by atoms with E-state index in [9.17, 15) is 0 Å². The van der Waals surface area contributed by atoms with Gasteiger partial charge < -0.3 is 15.5 Å². The van der Waals surface area contributed by atoms with E-state index in [1.807, 2.05) is 11.8 Å². The van der Waals surface area contributed by atoms with Gasteiger partial charge in [0.1, 0.15) is 0 Å². The Labute approximate surface area is 128 Å². The maximum Gasteiger partial charge on any atom is 0.0425 e. The highest BCUT2D eigenvalue weighted by Crippen LogP contribution is 2.31. The predicted molar refractivity (Wildman–Crippen MR) is 91.8 cm³/mol. The zero-order valence-electron chi connectivity index (χ0n) is 13.5. The molecule has 1 rings (SSSR count). The monoisotopic (exact) mass is 295 g/mol. The third kappa shape index (κ3) is 4.40. The third-order valence-electron chi connectivity index (χ3n) is 3.42. The number of likely N-dealkylation sites (N-methyl/N-ethyl adjacent to an activating group) is 2. The Hall–Kier alpha value is -0.710. The van der Waals surface area contributed by atoms with E-state index in [1.165, 1.54) is 16.1 Å². The molecule has 2 N–H and O–H groups in total. The van der Waals surface area contributed by atoms with E-state index in [1.54, 1.807) is 0 Å². The van der Waals surface area contributed by atoms with Crippen LogP contribution in [0.4, 0.5) is 5.69 Å². The number of anilines is 1. The van der Waals surface area contributed by atoms with Gasteiger partial charge in [-0.05, 0) is 45.8 Å². The topological polar surface area (TPSA) is 32.5 Å². The van der Waals surface area contributed by atoms with Crippen molar-refractivity contribution in [3.63, 3.8) is 0 Å². The summed E-state index contributed by atoms with van der Waals surface area (Å²) in [7, 11) is 4.25. The Morgan fingerprint density at radius 1 is 1.25 bits per heavy atom. The zero-order chi connectivity index (χ0) is 15.1. The summed E-state index contributed by atoms with van der Waals surface area (Å²) in [6.45, 7) is 9.33. The summed E-state index contributed by atoms with van der Waals surface area (Å²) < 4.78 is 0. The lowest BCUT2D eigenvalue weighted by molar-refractivity contribution is 0.372. The van der Waals surface area contributed by atoms with Gasteiger partial charge >= 0.3 is 0 Å². The Morgan fingerprint density at radius 3 is 2.45 bits per heavy atom. The molecule has 0 bridgehead atoms. The van der Waals surface area contributed by atoms with Crippen LogP contribution in [-0.4, -0.2) is 43.9 Å². The molecule has 0 aliphatic carbocycles. The lowest BCUT2D eigenvalue weighted by Crippen LogP contribution is -2.40. The normalized spacial score (nSPS) is 12.8. The highest BCUT2D eigenvalue weighted by atomic mass is 32.2. The number of nitrogens with zero attached hydrogens (tertiary/aromatic N) is 2. The molecule has 0 aliphatic rings. The van der Waals surface area contributed by atoms with Crippen molar-refractivity contribution in [1.29, 1.82) is 0 Å². The summed E-state index contributed by atoms with van der Waals surface area (Å²) in [5, 5.41) is 0. The smallest absolute Gasteiger partial charge is 0.0425 e. The summed E-state index contributed by atoms with van der Waals surface area (Å²) >= 11 is 1.88. The highest BCUT2D eigenvalue weighted by Gasteiger charge is 2.18. The Balaban J connectivity index is 3.10. The van der Waals surface area contributed by atoms with E-state index in [2.05, 4.69) is 62.9 Å². The van der Waals surface area contributed by atoms with E-state index in [0.717, 1.165) is 18.8 Å². The van der Waals surface area contributed by atoms with Crippen LogP contribution in [0.3, 0.4) is 0 Å². The number of thioether (sulfide) groups is 1. The molecule has 0 fully saturated rings. The van der Waals surface area contributed by atoms with Crippen molar-refractivity contribution in [1.82, 2.24) is 4.90 Å². The fourth-order valence-corrected chi connectivity index (χ4v) is 3.51. The quantitative estimate of drug-likeness (QED) is 0.747. The van der Waals surface area contributed by atoms with Gasteiger partial charge in [-0.2, -0.15) is 0 Å². The van der Waals surface area contributed by atoms with Crippen LogP contribution in [0.2, 0.25) is 0 Å². The average Bonchev–Trinajstić information content (AvgIpc) is 2.39. The maximum atomic E-state index is 6.03. The van der Waals surface area contributed by atoms with Crippen molar-refractivity contribution < 1.29 is 0 Å². The molecule has 0 amide bonds. The Bertz CT molecular complexity index is 407. The standard InChI is InChI=1S/C16H29N3S/c1-6-19(13(3)12-18(4)5)15-9-8-10-16(20-7-2)14(15)11-17/h8-10,13H,6-7,11-12,17H2,1-5H3. The molecule has 0 radical (unpaired) electrons. The minimum Gasteiger partial charge on any atom is -0.368 e. The third-order valence-corrected chi connectivity index (χ3v) is 4.41. The highest BCUT2D eigenvalue weighted by molar-refractivity contribution is 7.99. The van der Waals surface area contributed by atoms with Gasteiger partial charge in [-0.15, -0.1) is 11.8 Å². The van der Waals surface area contributed by atoms with Crippen molar-refractivity contribution in [2.45, 2.75) is 38.3 Å². The van der Waals surface area contributed by atoms with Crippen LogP contribution in [-0.2, 0) is 6.54 Å². The molecule has 114 valence electrons. The molecular formula is C16H29N3S. The molecule has 3 nitrogen and oxygen atoms in total. The van der Waals surface area contributed by atoms with Gasteiger partial charge in [-0.3, -0.25) is 0 Å². The van der Waals surface area contributed by atoms with Crippen LogP contribution in [0.5, 0.6) is 0 Å². The van der Waals surface area contributed by atoms with Crippen molar-refractivity contribution >= 4 is 17.4 Å². The second-order valence-electron chi connectivity index (χ2n) is 5.29. The largest absolute Gasteiger partial charge is 0.368 e. The first kappa shape index (κ1) is 17.3. The molecule has 20 heavy (non-hydrogen) atoms. The molecule has 0 saturated carbocycles. The first-order valence-corrected chi connectivity index (χ1v) is 8.39. The molecule has 4 heteroatoms. The van der Waals surface area contributed by atoms with Crippen molar-refractivity contribution in [2.75, 3.05) is 37.8 Å². The van der Waals surface area contributed by atoms with Gasteiger partial charge in [0, 0.05) is 41.8 Å². The number of hydrogen-bond donors (Lipinski definition) is 1. The minimum absolute atomic E-state index is 0.474. The van der Waals surface area contributed by atoms with E-state index in [-0.39, 0.29) is 0 Å². The Morgan fingerprint density at radius 2 is 1.95 bits per heavy atom. The number of nitrogens with two attached hydrogens (primary N) is 1. The molecule has 1 aromatic rings. The van der Waals surface area contributed by atoms with E-state index >= 15 is 0 Å². The predicted octanol–water partition coefficient (Wildman–Crippen LogP) is 3.03. The van der Waals surface area contributed by atoms with Gasteiger partial charge in [0.05, 0.1) is 0 Å². The zero-order valence-corrected chi connectivity index (χ0v) is 14.3. The van der Waals surface area contributed by atoms with Crippen molar-refractivity contribution in [3.8, 4) is 0 Å². The molecule has 0 spiro atoms. The SMILES string of the molecule is CCSc1cccc(N(CC)C(C)CN(C)C)c1CN. The second-order valence-corrected chi connectivity index (χ2v) is 6.59. The van der Waals surface area contributed by atoms with Gasteiger partial charge in [0.2, 0.25) is 0 Å². The van der Waals surface area contributed by atoms with Crippen molar-refractivity contribution in [2.24, 2.45) is 5.73 Å². The molecule has 1 unspecified atom stereocenters. The minimum atomic E-state index is 0.474. The van der Waals surface area contributed by atoms with Gasteiger partial charge in [-0.25, -0.2) is 0 Å². The van der Waals surface area contributed by atoms with Crippen LogP contribution in [0, 0.1) is 0 Å². The summed E-state index contributed by atoms with van der Waals surface area (Å²) in [4.78, 5) is 6.02. The fourth-order valence-electron chi connectivity index (χ4n) is 2.67. The second kappa shape index (κ2) is 8.55. The van der Waals surface area contributed by atoms with Gasteiger partial charge in [-0.1, -0.05) is 13.0 Å². The number of rotatable bonds is 8. The first-order valence-electron chi connectivity index (χ1n) is 7.41. The van der Waals surface area contributed by atoms with Crippen LogP contribution < -0.4 is 10.6 Å². The molecule has 0 aliphatic heterocycles. The van der Waals surface area contributed by atoms with E-state index < -0.39 is 0 Å². The fraction of sp³-hybridized carbons (Fsp3) is 0.625. The Kier molecular flexibility index (Phi) is 7.41. The molecular weight excluding hydrogens is 266 g/mol.